The van der Waals surface area contributed by atoms with Gasteiger partial charge < -0.3 is 15.5 Å². The van der Waals surface area contributed by atoms with E-state index in [2.05, 4.69) is 27.7 Å². The number of allylic oxidation sites excluding steroid dienone is 2. The van der Waals surface area contributed by atoms with E-state index in [1.807, 2.05) is 62.1 Å². The Morgan fingerprint density at radius 2 is 1.78 bits per heavy atom. The largest absolute Gasteiger partial charge is 0.367 e. The maximum absolute atomic E-state index is 15.1. The molecule has 0 bridgehead atoms. The molecular formula is C30H34FN5O. The Labute approximate surface area is 218 Å². The number of amides is 1. The molecule has 0 aromatic heterocycles. The number of piperazine rings is 1. The Hall–Kier alpha value is -3.71. The molecule has 3 aliphatic rings. The number of hydrogen-bond acceptors (Lipinski definition) is 5. The number of rotatable bonds is 5. The topological polar surface area (TPSA) is 60.0 Å². The van der Waals surface area contributed by atoms with Crippen LogP contribution in [0.15, 0.2) is 82.7 Å². The Bertz CT molecular complexity index is 1290. The van der Waals surface area contributed by atoms with E-state index in [0.29, 0.717) is 23.0 Å². The fraction of sp³-hybridized carbons (Fsp3) is 0.333. The van der Waals surface area contributed by atoms with Crippen molar-refractivity contribution in [3.63, 3.8) is 0 Å². The third-order valence-corrected chi connectivity index (χ3v) is 7.19. The van der Waals surface area contributed by atoms with Gasteiger partial charge in [-0.2, -0.15) is 0 Å². The monoisotopic (exact) mass is 499 g/mol. The average molecular weight is 500 g/mol. The Balaban J connectivity index is 1.44. The van der Waals surface area contributed by atoms with Crippen molar-refractivity contribution in [2.24, 2.45) is 4.99 Å². The molecule has 1 amide bonds. The van der Waals surface area contributed by atoms with E-state index < -0.39 is 0 Å². The van der Waals surface area contributed by atoms with Crippen LogP contribution in [0.25, 0.3) is 0 Å². The van der Waals surface area contributed by atoms with Crippen molar-refractivity contribution in [3.8, 4) is 0 Å². The third-order valence-electron chi connectivity index (χ3n) is 7.19. The summed E-state index contributed by atoms with van der Waals surface area (Å²) in [7, 11) is 0. The molecule has 2 aliphatic heterocycles. The molecule has 0 saturated carbocycles. The van der Waals surface area contributed by atoms with E-state index >= 15 is 4.39 Å². The smallest absolute Gasteiger partial charge is 0.252 e. The van der Waals surface area contributed by atoms with Gasteiger partial charge in [-0.05, 0) is 74.6 Å². The highest BCUT2D eigenvalue weighted by atomic mass is 19.1. The summed E-state index contributed by atoms with van der Waals surface area (Å²) in [5.74, 6) is 0.895. The number of carbonyl (C=O) groups excluding carboxylic acids is 1. The van der Waals surface area contributed by atoms with E-state index in [-0.39, 0.29) is 17.8 Å². The lowest BCUT2D eigenvalue weighted by Crippen LogP contribution is -2.47. The zero-order valence-corrected chi connectivity index (χ0v) is 21.7. The van der Waals surface area contributed by atoms with E-state index in [4.69, 9.17) is 4.99 Å². The van der Waals surface area contributed by atoms with Gasteiger partial charge in [-0.15, -0.1) is 0 Å². The van der Waals surface area contributed by atoms with Crippen LogP contribution in [0.1, 0.15) is 31.9 Å². The predicted octanol–water partition coefficient (Wildman–Crippen LogP) is 4.81. The van der Waals surface area contributed by atoms with Crippen LogP contribution in [-0.4, -0.2) is 48.9 Å². The lowest BCUT2D eigenvalue weighted by molar-refractivity contribution is -0.124. The standard InChI is InChI=1S/C30H34FN5O/c1-4-21-9-12-28(37)36(25-17-22-7-5-6-8-23(22)18-25)30(21)34-29(20(2)3)33-24-10-11-27(26(31)19-24)35-15-13-32-14-16-35/h4-12,19,25,32-33H,13-18H2,1-3H3/b21-4-,34-30+. The number of benzene rings is 2. The van der Waals surface area contributed by atoms with E-state index in [0.717, 1.165) is 50.2 Å². The summed E-state index contributed by atoms with van der Waals surface area (Å²) >= 11 is 0. The van der Waals surface area contributed by atoms with Gasteiger partial charge in [0.15, 0.2) is 0 Å². The van der Waals surface area contributed by atoms with Gasteiger partial charge in [0.05, 0.1) is 5.69 Å². The number of nitrogens with zero attached hydrogens (tertiary/aromatic N) is 3. The molecule has 1 aliphatic carbocycles. The lowest BCUT2D eigenvalue weighted by atomic mass is 10.0. The maximum Gasteiger partial charge on any atom is 0.252 e. The number of anilines is 2. The number of amidine groups is 1. The fourth-order valence-corrected chi connectivity index (χ4v) is 5.23. The number of fused-ring (bicyclic) bond motifs is 1. The lowest BCUT2D eigenvalue weighted by Gasteiger charge is -2.32. The summed E-state index contributed by atoms with van der Waals surface area (Å²) in [5.41, 5.74) is 5.61. The highest BCUT2D eigenvalue weighted by Crippen LogP contribution is 2.30. The molecule has 2 heterocycles. The third kappa shape index (κ3) is 5.23. The SMILES string of the molecule is C/C=C1/C=CC(=O)N(C2Cc3ccccc3C2)/C1=N/C(Nc1ccc(N2CCNCC2)c(F)c1)=C(C)C. The second-order valence-corrected chi connectivity index (χ2v) is 9.93. The molecule has 0 atom stereocenters. The first-order valence-corrected chi connectivity index (χ1v) is 13.0. The van der Waals surface area contributed by atoms with Gasteiger partial charge in [-0.3, -0.25) is 9.69 Å². The van der Waals surface area contributed by atoms with Gasteiger partial charge in [-0.25, -0.2) is 9.38 Å². The minimum atomic E-state index is -0.261. The van der Waals surface area contributed by atoms with E-state index in [1.165, 1.54) is 17.2 Å². The zero-order valence-electron chi connectivity index (χ0n) is 21.7. The molecule has 7 heteroatoms. The molecule has 2 N–H and O–H groups in total. The molecule has 2 aromatic carbocycles. The van der Waals surface area contributed by atoms with Crippen LogP contribution in [0.2, 0.25) is 0 Å². The van der Waals surface area contributed by atoms with Crippen molar-refractivity contribution in [2.45, 2.75) is 39.7 Å². The second-order valence-electron chi connectivity index (χ2n) is 9.93. The molecule has 37 heavy (non-hydrogen) atoms. The van der Waals surface area contributed by atoms with Crippen molar-refractivity contribution in [3.05, 3.63) is 94.6 Å². The number of halogens is 1. The van der Waals surface area contributed by atoms with Crippen molar-refractivity contribution in [2.75, 3.05) is 36.4 Å². The molecule has 0 unspecified atom stereocenters. The summed E-state index contributed by atoms with van der Waals surface area (Å²) in [6.07, 6.45) is 7.01. The minimum absolute atomic E-state index is 0.00211. The Morgan fingerprint density at radius 1 is 1.08 bits per heavy atom. The normalized spacial score (nSPS) is 20.1. The minimum Gasteiger partial charge on any atom is -0.367 e. The predicted molar refractivity (Wildman–Crippen MR) is 148 cm³/mol. The van der Waals surface area contributed by atoms with E-state index in [9.17, 15) is 4.79 Å². The van der Waals surface area contributed by atoms with Gasteiger partial charge in [0.25, 0.3) is 5.91 Å². The van der Waals surface area contributed by atoms with Crippen LogP contribution in [0.3, 0.4) is 0 Å². The first kappa shape index (κ1) is 25.0. The van der Waals surface area contributed by atoms with E-state index in [1.54, 1.807) is 6.08 Å². The van der Waals surface area contributed by atoms with Gasteiger partial charge in [0.1, 0.15) is 17.5 Å². The molecule has 2 aromatic rings. The zero-order chi connectivity index (χ0) is 25.9. The number of nitrogens with one attached hydrogen (secondary N) is 2. The molecule has 192 valence electrons. The number of aliphatic imine (C=N–C) groups is 1. The summed E-state index contributed by atoms with van der Waals surface area (Å²) in [4.78, 5) is 22.1. The van der Waals surface area contributed by atoms with Crippen molar-refractivity contribution >= 4 is 23.1 Å². The summed E-state index contributed by atoms with van der Waals surface area (Å²) < 4.78 is 15.1. The molecule has 1 saturated heterocycles. The van der Waals surface area contributed by atoms with Crippen LogP contribution < -0.4 is 15.5 Å². The summed E-state index contributed by atoms with van der Waals surface area (Å²) in [6.45, 7) is 9.14. The van der Waals surface area contributed by atoms with Gasteiger partial charge >= 0.3 is 0 Å². The molecule has 0 radical (unpaired) electrons. The highest BCUT2D eigenvalue weighted by molar-refractivity contribution is 6.16. The Kier molecular flexibility index (Phi) is 7.24. The summed E-state index contributed by atoms with van der Waals surface area (Å²) in [5, 5.41) is 6.61. The first-order chi connectivity index (χ1) is 17.9. The maximum atomic E-state index is 15.1. The van der Waals surface area contributed by atoms with Gasteiger partial charge in [0, 0.05) is 49.6 Å². The highest BCUT2D eigenvalue weighted by Gasteiger charge is 2.35. The quantitative estimate of drug-likeness (QED) is 0.620. The van der Waals surface area contributed by atoms with Gasteiger partial charge in [-0.1, -0.05) is 30.3 Å². The van der Waals surface area contributed by atoms with Crippen LogP contribution in [0, 0.1) is 5.82 Å². The van der Waals surface area contributed by atoms with Gasteiger partial charge in [0.2, 0.25) is 0 Å². The molecular weight excluding hydrogens is 465 g/mol. The Morgan fingerprint density at radius 3 is 2.41 bits per heavy atom. The molecule has 1 fully saturated rings. The van der Waals surface area contributed by atoms with Crippen molar-refractivity contribution in [1.82, 2.24) is 10.2 Å². The summed E-state index contributed by atoms with van der Waals surface area (Å²) in [6, 6.07) is 13.6. The number of carbonyl (C=O) groups is 1. The van der Waals surface area contributed by atoms with Crippen LogP contribution in [-0.2, 0) is 17.6 Å². The number of hydrogen-bond donors (Lipinski definition) is 2. The van der Waals surface area contributed by atoms with Crippen molar-refractivity contribution in [1.29, 1.82) is 0 Å². The molecule has 6 nitrogen and oxygen atoms in total. The molecule has 5 rings (SSSR count). The van der Waals surface area contributed by atoms with Crippen LogP contribution in [0.5, 0.6) is 0 Å². The van der Waals surface area contributed by atoms with Crippen molar-refractivity contribution < 1.29 is 9.18 Å². The average Bonchev–Trinajstić information content (AvgIpc) is 3.33. The van der Waals surface area contributed by atoms with Crippen LogP contribution in [0.4, 0.5) is 15.8 Å². The fourth-order valence-electron chi connectivity index (χ4n) is 5.23. The second kappa shape index (κ2) is 10.7. The first-order valence-electron chi connectivity index (χ1n) is 13.0. The molecule has 0 spiro atoms. The van der Waals surface area contributed by atoms with Crippen LogP contribution >= 0.6 is 0 Å².